The van der Waals surface area contributed by atoms with Crippen LogP contribution in [0.15, 0.2) is 48.5 Å². The van der Waals surface area contributed by atoms with E-state index in [1.165, 1.54) is 12.1 Å². The van der Waals surface area contributed by atoms with E-state index in [-0.39, 0.29) is 18.1 Å². The Balaban J connectivity index is 1.52. The first kappa shape index (κ1) is 21.4. The van der Waals surface area contributed by atoms with Crippen molar-refractivity contribution in [3.8, 4) is 22.8 Å². The van der Waals surface area contributed by atoms with Gasteiger partial charge in [0.05, 0.1) is 26.3 Å². The second-order valence-corrected chi connectivity index (χ2v) is 7.06. The van der Waals surface area contributed by atoms with Crippen LogP contribution < -0.4 is 9.47 Å². The zero-order chi connectivity index (χ0) is 21.5. The summed E-state index contributed by atoms with van der Waals surface area (Å²) in [5.41, 5.74) is 3.41. The van der Waals surface area contributed by atoms with Gasteiger partial charge in [-0.25, -0.2) is 4.39 Å². The average Bonchev–Trinajstić information content (AvgIpc) is 3.23. The topological polar surface area (TPSA) is 67.5 Å². The second-order valence-electron chi connectivity index (χ2n) is 7.06. The third kappa shape index (κ3) is 5.37. The predicted octanol–water partition coefficient (Wildman–Crippen LogP) is 3.87. The molecule has 1 N–H and O–H groups in total. The molecule has 0 aliphatic rings. The number of amides is 1. The molecule has 0 spiro atoms. The molecule has 7 heteroatoms. The summed E-state index contributed by atoms with van der Waals surface area (Å²) < 4.78 is 23.7. The molecule has 0 bridgehead atoms. The number of ether oxygens (including phenoxy) is 2. The number of rotatable bonds is 9. The molecule has 0 aliphatic carbocycles. The maximum atomic E-state index is 13.1. The van der Waals surface area contributed by atoms with Gasteiger partial charge in [0.25, 0.3) is 0 Å². The van der Waals surface area contributed by atoms with Crippen LogP contribution in [0.2, 0.25) is 0 Å². The van der Waals surface area contributed by atoms with Crippen molar-refractivity contribution in [3.05, 3.63) is 65.6 Å². The number of hydrogen-bond acceptors (Lipinski definition) is 4. The lowest BCUT2D eigenvalue weighted by molar-refractivity contribution is -0.129. The van der Waals surface area contributed by atoms with Gasteiger partial charge in [-0.1, -0.05) is 0 Å². The van der Waals surface area contributed by atoms with Crippen molar-refractivity contribution in [2.75, 3.05) is 27.8 Å². The fraction of sp³-hybridized carbons (Fsp3) is 0.304. The van der Waals surface area contributed by atoms with Crippen LogP contribution in [-0.4, -0.2) is 48.8 Å². The van der Waals surface area contributed by atoms with Gasteiger partial charge in [-0.05, 0) is 61.4 Å². The summed E-state index contributed by atoms with van der Waals surface area (Å²) in [6.45, 7) is 0.621. The average molecular weight is 411 g/mol. The number of carbonyl (C=O) groups is 1. The molecular formula is C23H26FN3O3. The fourth-order valence-electron chi connectivity index (χ4n) is 3.21. The standard InChI is InChI=1S/C23H26FN3O3/c1-27(23(28)14-17-13-20(29-2)10-11-22(17)30-3)12-4-5-19-15-21(26-25-19)16-6-8-18(24)9-7-16/h6-11,13,15H,4-5,12,14H2,1-3H3,(H,25,26). The van der Waals surface area contributed by atoms with Gasteiger partial charge in [0.1, 0.15) is 17.3 Å². The summed E-state index contributed by atoms with van der Waals surface area (Å²) in [6, 6.07) is 13.6. The molecule has 0 radical (unpaired) electrons. The quantitative estimate of drug-likeness (QED) is 0.581. The van der Waals surface area contributed by atoms with Crippen LogP contribution in [0.5, 0.6) is 11.5 Å². The lowest BCUT2D eigenvalue weighted by Gasteiger charge is -2.18. The first-order chi connectivity index (χ1) is 14.5. The molecule has 0 unspecified atom stereocenters. The summed E-state index contributed by atoms with van der Waals surface area (Å²) >= 11 is 0. The number of nitrogens with one attached hydrogen (secondary N) is 1. The highest BCUT2D eigenvalue weighted by Crippen LogP contribution is 2.25. The van der Waals surface area contributed by atoms with Crippen LogP contribution in [-0.2, 0) is 17.6 Å². The Hall–Kier alpha value is -3.35. The van der Waals surface area contributed by atoms with E-state index in [0.29, 0.717) is 18.0 Å². The second kappa shape index (κ2) is 9.91. The van der Waals surface area contributed by atoms with E-state index in [4.69, 9.17) is 9.47 Å². The monoisotopic (exact) mass is 411 g/mol. The number of carbonyl (C=O) groups excluding carboxylic acids is 1. The fourth-order valence-corrected chi connectivity index (χ4v) is 3.21. The van der Waals surface area contributed by atoms with E-state index >= 15 is 0 Å². The number of hydrogen-bond donors (Lipinski definition) is 1. The first-order valence-electron chi connectivity index (χ1n) is 9.75. The van der Waals surface area contributed by atoms with Crippen LogP contribution in [0.25, 0.3) is 11.3 Å². The van der Waals surface area contributed by atoms with Crippen molar-refractivity contribution in [1.29, 1.82) is 0 Å². The van der Waals surface area contributed by atoms with E-state index in [1.54, 1.807) is 50.4 Å². The number of halogens is 1. The van der Waals surface area contributed by atoms with Gasteiger partial charge in [0, 0.05) is 30.4 Å². The Morgan fingerprint density at radius 2 is 1.87 bits per heavy atom. The van der Waals surface area contributed by atoms with Crippen molar-refractivity contribution >= 4 is 5.91 Å². The highest BCUT2D eigenvalue weighted by Gasteiger charge is 2.14. The summed E-state index contributed by atoms with van der Waals surface area (Å²) in [7, 11) is 4.98. The van der Waals surface area contributed by atoms with Gasteiger partial charge in [-0.3, -0.25) is 9.89 Å². The third-order valence-corrected chi connectivity index (χ3v) is 4.97. The molecule has 30 heavy (non-hydrogen) atoms. The molecule has 0 fully saturated rings. The smallest absolute Gasteiger partial charge is 0.226 e. The van der Waals surface area contributed by atoms with Crippen molar-refractivity contribution in [1.82, 2.24) is 15.1 Å². The van der Waals surface area contributed by atoms with Crippen LogP contribution in [0.1, 0.15) is 17.7 Å². The molecule has 2 aromatic carbocycles. The lowest BCUT2D eigenvalue weighted by Crippen LogP contribution is -2.29. The van der Waals surface area contributed by atoms with Crippen molar-refractivity contribution < 1.29 is 18.7 Å². The Morgan fingerprint density at radius 1 is 1.10 bits per heavy atom. The molecule has 0 saturated heterocycles. The SMILES string of the molecule is COc1ccc(OC)c(CC(=O)N(C)CCCc2cc(-c3ccc(F)cc3)n[nH]2)c1. The minimum Gasteiger partial charge on any atom is -0.497 e. The highest BCUT2D eigenvalue weighted by atomic mass is 19.1. The first-order valence-corrected chi connectivity index (χ1v) is 9.75. The van der Waals surface area contributed by atoms with Crippen LogP contribution >= 0.6 is 0 Å². The summed E-state index contributed by atoms with van der Waals surface area (Å²) in [5, 5.41) is 7.30. The Kier molecular flexibility index (Phi) is 7.06. The number of H-pyrrole nitrogens is 1. The van der Waals surface area contributed by atoms with E-state index in [0.717, 1.165) is 35.4 Å². The zero-order valence-corrected chi connectivity index (χ0v) is 17.4. The molecule has 3 aromatic rings. The minimum atomic E-state index is -0.270. The van der Waals surface area contributed by atoms with Crippen molar-refractivity contribution in [2.24, 2.45) is 0 Å². The Morgan fingerprint density at radius 3 is 2.57 bits per heavy atom. The van der Waals surface area contributed by atoms with Gasteiger partial charge in [0.15, 0.2) is 0 Å². The van der Waals surface area contributed by atoms with E-state index in [9.17, 15) is 9.18 Å². The minimum absolute atomic E-state index is 0.0122. The van der Waals surface area contributed by atoms with Crippen molar-refractivity contribution in [3.63, 3.8) is 0 Å². The third-order valence-electron chi connectivity index (χ3n) is 4.97. The normalized spacial score (nSPS) is 10.7. The van der Waals surface area contributed by atoms with Gasteiger partial charge in [0.2, 0.25) is 5.91 Å². The summed E-state index contributed by atoms with van der Waals surface area (Å²) in [4.78, 5) is 14.3. The van der Waals surface area contributed by atoms with Gasteiger partial charge in [-0.15, -0.1) is 0 Å². The molecule has 6 nitrogen and oxygen atoms in total. The summed E-state index contributed by atoms with van der Waals surface area (Å²) in [6.07, 6.45) is 1.80. The maximum absolute atomic E-state index is 13.1. The molecule has 1 heterocycles. The zero-order valence-electron chi connectivity index (χ0n) is 17.4. The predicted molar refractivity (Wildman–Crippen MR) is 113 cm³/mol. The number of aryl methyl sites for hydroxylation is 1. The molecule has 0 atom stereocenters. The van der Waals surface area contributed by atoms with Crippen LogP contribution in [0, 0.1) is 5.82 Å². The van der Waals surface area contributed by atoms with E-state index in [2.05, 4.69) is 10.2 Å². The maximum Gasteiger partial charge on any atom is 0.226 e. The van der Waals surface area contributed by atoms with Gasteiger partial charge >= 0.3 is 0 Å². The van der Waals surface area contributed by atoms with Gasteiger partial charge in [-0.2, -0.15) is 5.10 Å². The number of aromatic amines is 1. The summed E-state index contributed by atoms with van der Waals surface area (Å²) in [5.74, 6) is 1.10. The molecule has 1 amide bonds. The molecule has 0 saturated carbocycles. The van der Waals surface area contributed by atoms with E-state index in [1.807, 2.05) is 12.1 Å². The number of benzene rings is 2. The largest absolute Gasteiger partial charge is 0.497 e. The van der Waals surface area contributed by atoms with Crippen LogP contribution in [0.4, 0.5) is 4.39 Å². The Bertz CT molecular complexity index is 986. The number of methoxy groups -OCH3 is 2. The highest BCUT2D eigenvalue weighted by molar-refractivity contribution is 5.79. The number of nitrogens with zero attached hydrogens (tertiary/aromatic N) is 2. The molecular weight excluding hydrogens is 385 g/mol. The Labute approximate surface area is 175 Å². The number of likely N-dealkylation sites (N-methyl/N-ethyl adjacent to an activating group) is 1. The molecule has 0 aliphatic heterocycles. The molecule has 3 rings (SSSR count). The van der Waals surface area contributed by atoms with Crippen molar-refractivity contribution in [2.45, 2.75) is 19.3 Å². The van der Waals surface area contributed by atoms with Gasteiger partial charge < -0.3 is 14.4 Å². The molecule has 1 aromatic heterocycles. The van der Waals surface area contributed by atoms with E-state index < -0.39 is 0 Å². The lowest BCUT2D eigenvalue weighted by atomic mass is 10.1. The molecule has 158 valence electrons. The number of aromatic nitrogens is 2. The van der Waals surface area contributed by atoms with Crippen LogP contribution in [0.3, 0.4) is 0 Å².